The molecule has 0 aliphatic carbocycles. The summed E-state index contributed by atoms with van der Waals surface area (Å²) in [4.78, 5) is 38.0. The Hall–Kier alpha value is -1.59. The van der Waals surface area contributed by atoms with E-state index in [4.69, 9.17) is 14.2 Å². The van der Waals surface area contributed by atoms with Gasteiger partial charge in [0.1, 0.15) is 13.2 Å². The predicted octanol–water partition coefficient (Wildman–Crippen LogP) is 18.9. The molecule has 0 saturated heterocycles. The molecule has 1 atom stereocenters. The van der Waals surface area contributed by atoms with Crippen LogP contribution < -0.4 is 0 Å². The van der Waals surface area contributed by atoms with E-state index in [1.165, 1.54) is 212 Å². The van der Waals surface area contributed by atoms with Crippen molar-refractivity contribution < 1.29 is 28.6 Å². The van der Waals surface area contributed by atoms with Crippen molar-refractivity contribution in [2.24, 2.45) is 11.8 Å². The van der Waals surface area contributed by atoms with Gasteiger partial charge in [0.05, 0.1) is 0 Å². The Morgan fingerprint density at radius 1 is 0.297 bits per heavy atom. The van der Waals surface area contributed by atoms with Crippen molar-refractivity contribution in [3.05, 3.63) is 0 Å². The van der Waals surface area contributed by atoms with Gasteiger partial charge >= 0.3 is 17.9 Å². The number of unbranched alkanes of at least 4 members (excludes halogenated alkanes) is 37. The SMILES string of the molecule is CCCCCCCCCCCCCCCCCC(=O)O[C@H](COC(=O)CCCCCCCCCCCCCCCCCCCCC(C)C)COC(=O)CCCCCCCCCC(C)C. The summed E-state index contributed by atoms with van der Waals surface area (Å²) in [7, 11) is 0. The van der Waals surface area contributed by atoms with Crippen molar-refractivity contribution in [1.82, 2.24) is 0 Å². The molecule has 0 heterocycles. The maximum absolute atomic E-state index is 12.8. The molecule has 0 amide bonds. The van der Waals surface area contributed by atoms with Crippen LogP contribution in [0.4, 0.5) is 0 Å². The third-order valence-corrected chi connectivity index (χ3v) is 13.2. The largest absolute Gasteiger partial charge is 0.462 e. The average Bonchev–Trinajstić information content (AvgIpc) is 3.27. The smallest absolute Gasteiger partial charge is 0.306 e. The minimum atomic E-state index is -0.762. The van der Waals surface area contributed by atoms with Crippen molar-refractivity contribution in [3.63, 3.8) is 0 Å². The van der Waals surface area contributed by atoms with Crippen molar-refractivity contribution >= 4 is 17.9 Å². The van der Waals surface area contributed by atoms with Gasteiger partial charge in [-0.3, -0.25) is 14.4 Å². The van der Waals surface area contributed by atoms with Crippen molar-refractivity contribution in [3.8, 4) is 0 Å². The molecular formula is C58H112O6. The molecule has 0 aliphatic heterocycles. The first-order chi connectivity index (χ1) is 31.2. The fraction of sp³-hybridized carbons (Fsp3) is 0.948. The maximum atomic E-state index is 12.8. The normalized spacial score (nSPS) is 12.0. The monoisotopic (exact) mass is 905 g/mol. The summed E-state index contributed by atoms with van der Waals surface area (Å²) in [6, 6.07) is 0. The molecule has 6 heteroatoms. The highest BCUT2D eigenvalue weighted by Gasteiger charge is 2.19. The van der Waals surface area contributed by atoms with Gasteiger partial charge in [0, 0.05) is 19.3 Å². The molecule has 64 heavy (non-hydrogen) atoms. The van der Waals surface area contributed by atoms with Crippen LogP contribution in [0.5, 0.6) is 0 Å². The highest BCUT2D eigenvalue weighted by Crippen LogP contribution is 2.18. The highest BCUT2D eigenvalue weighted by molar-refractivity contribution is 5.71. The van der Waals surface area contributed by atoms with E-state index in [0.717, 1.165) is 69.6 Å². The Morgan fingerprint density at radius 3 is 0.766 bits per heavy atom. The lowest BCUT2D eigenvalue weighted by Crippen LogP contribution is -2.30. The molecule has 0 aromatic carbocycles. The number of carbonyl (C=O) groups is 3. The van der Waals surface area contributed by atoms with Crippen molar-refractivity contribution in [2.75, 3.05) is 13.2 Å². The zero-order valence-corrected chi connectivity index (χ0v) is 43.9. The minimum absolute atomic E-state index is 0.0633. The van der Waals surface area contributed by atoms with Crippen LogP contribution in [0.3, 0.4) is 0 Å². The summed E-state index contributed by atoms with van der Waals surface area (Å²) in [5, 5.41) is 0. The van der Waals surface area contributed by atoms with Crippen LogP contribution in [-0.2, 0) is 28.6 Å². The number of esters is 3. The summed E-state index contributed by atoms with van der Waals surface area (Å²) in [6.45, 7) is 11.4. The first-order valence-electron chi connectivity index (χ1n) is 28.7. The molecule has 0 aromatic heterocycles. The molecule has 0 aliphatic rings. The molecule has 0 radical (unpaired) electrons. The highest BCUT2D eigenvalue weighted by atomic mass is 16.6. The number of carbonyl (C=O) groups excluding carboxylic acids is 3. The molecule has 0 aromatic rings. The van der Waals surface area contributed by atoms with E-state index in [1.54, 1.807) is 0 Å². The van der Waals surface area contributed by atoms with Gasteiger partial charge in [-0.15, -0.1) is 0 Å². The van der Waals surface area contributed by atoms with Gasteiger partial charge in [0.25, 0.3) is 0 Å². The van der Waals surface area contributed by atoms with E-state index in [9.17, 15) is 14.4 Å². The third kappa shape index (κ3) is 51.4. The second-order valence-corrected chi connectivity index (χ2v) is 20.9. The molecule has 0 spiro atoms. The lowest BCUT2D eigenvalue weighted by molar-refractivity contribution is -0.167. The van der Waals surface area contributed by atoms with E-state index < -0.39 is 6.10 Å². The zero-order chi connectivity index (χ0) is 46.8. The van der Waals surface area contributed by atoms with Crippen LogP contribution in [0.25, 0.3) is 0 Å². The molecule has 0 unspecified atom stereocenters. The van der Waals surface area contributed by atoms with E-state index in [1.807, 2.05) is 0 Å². The number of hydrogen-bond donors (Lipinski definition) is 0. The Balaban J connectivity index is 4.20. The molecule has 380 valence electrons. The molecule has 0 rings (SSSR count). The van der Waals surface area contributed by atoms with Crippen LogP contribution in [0, 0.1) is 11.8 Å². The molecule has 0 fully saturated rings. The van der Waals surface area contributed by atoms with Gasteiger partial charge in [0.2, 0.25) is 0 Å². The Kier molecular flexibility index (Phi) is 49.6. The first kappa shape index (κ1) is 62.4. The summed E-state index contributed by atoms with van der Waals surface area (Å²) in [6.07, 6.45) is 53.9. The van der Waals surface area contributed by atoms with Gasteiger partial charge < -0.3 is 14.2 Å². The maximum Gasteiger partial charge on any atom is 0.306 e. The number of ether oxygens (including phenoxy) is 3. The van der Waals surface area contributed by atoms with Crippen LogP contribution in [0.15, 0.2) is 0 Å². The predicted molar refractivity (Wildman–Crippen MR) is 275 cm³/mol. The van der Waals surface area contributed by atoms with Gasteiger partial charge in [-0.05, 0) is 31.1 Å². The first-order valence-corrected chi connectivity index (χ1v) is 28.7. The standard InChI is InChI=1S/C58H112O6/c1-6-7-8-9-10-11-12-13-18-23-26-29-34-40-45-50-58(61)64-55(52-63-57(60)49-44-39-35-30-32-37-42-47-54(4)5)51-62-56(59)48-43-38-33-28-25-22-20-17-15-14-16-19-21-24-27-31-36-41-46-53(2)3/h53-55H,6-52H2,1-5H3/t55-/m1/s1. The Bertz CT molecular complexity index is 978. The Labute approximate surface area is 399 Å². The summed E-state index contributed by atoms with van der Waals surface area (Å²) in [5.41, 5.74) is 0. The molecular weight excluding hydrogens is 793 g/mol. The topological polar surface area (TPSA) is 78.9 Å². The Morgan fingerprint density at radius 2 is 0.516 bits per heavy atom. The fourth-order valence-electron chi connectivity index (χ4n) is 8.87. The summed E-state index contributed by atoms with van der Waals surface area (Å²) < 4.78 is 16.9. The van der Waals surface area contributed by atoms with E-state index in [0.29, 0.717) is 19.3 Å². The lowest BCUT2D eigenvalue weighted by atomic mass is 10.0. The number of rotatable bonds is 52. The van der Waals surface area contributed by atoms with Gasteiger partial charge in [-0.1, -0.05) is 285 Å². The van der Waals surface area contributed by atoms with Gasteiger partial charge in [0.15, 0.2) is 6.10 Å². The second kappa shape index (κ2) is 50.8. The lowest BCUT2D eigenvalue weighted by Gasteiger charge is -2.18. The van der Waals surface area contributed by atoms with Crippen LogP contribution >= 0.6 is 0 Å². The van der Waals surface area contributed by atoms with Gasteiger partial charge in [-0.25, -0.2) is 0 Å². The second-order valence-electron chi connectivity index (χ2n) is 20.9. The zero-order valence-electron chi connectivity index (χ0n) is 43.9. The molecule has 0 saturated carbocycles. The third-order valence-electron chi connectivity index (χ3n) is 13.2. The molecule has 0 bridgehead atoms. The summed E-state index contributed by atoms with van der Waals surface area (Å²) in [5.74, 6) is 0.797. The van der Waals surface area contributed by atoms with E-state index in [2.05, 4.69) is 34.6 Å². The minimum Gasteiger partial charge on any atom is -0.462 e. The van der Waals surface area contributed by atoms with E-state index >= 15 is 0 Å². The fourth-order valence-corrected chi connectivity index (χ4v) is 8.87. The number of hydrogen-bond acceptors (Lipinski definition) is 6. The van der Waals surface area contributed by atoms with Crippen LogP contribution in [-0.4, -0.2) is 37.2 Å². The van der Waals surface area contributed by atoms with Crippen molar-refractivity contribution in [2.45, 2.75) is 330 Å². The van der Waals surface area contributed by atoms with Crippen LogP contribution in [0.1, 0.15) is 324 Å². The van der Waals surface area contributed by atoms with Crippen LogP contribution in [0.2, 0.25) is 0 Å². The average molecular weight is 906 g/mol. The quantitative estimate of drug-likeness (QED) is 0.0344. The molecule has 6 nitrogen and oxygen atoms in total. The van der Waals surface area contributed by atoms with Crippen molar-refractivity contribution in [1.29, 1.82) is 0 Å². The summed E-state index contributed by atoms with van der Waals surface area (Å²) >= 11 is 0. The van der Waals surface area contributed by atoms with E-state index in [-0.39, 0.29) is 31.1 Å². The molecule has 0 N–H and O–H groups in total. The van der Waals surface area contributed by atoms with Gasteiger partial charge in [-0.2, -0.15) is 0 Å².